The van der Waals surface area contributed by atoms with Crippen molar-refractivity contribution < 1.29 is 0 Å². The molecule has 0 bridgehead atoms. The fourth-order valence-electron chi connectivity index (χ4n) is 3.37. The first-order valence-corrected chi connectivity index (χ1v) is 10.5. The molecule has 0 spiro atoms. The van der Waals surface area contributed by atoms with Crippen LogP contribution in [0.25, 0.3) is 21.5 Å². The molecule has 4 aromatic rings. The summed E-state index contributed by atoms with van der Waals surface area (Å²) in [5.74, 6) is 0. The van der Waals surface area contributed by atoms with Crippen molar-refractivity contribution >= 4 is 88.0 Å². The molecule has 4 rings (SSSR count). The molecule has 136 valence electrons. The van der Waals surface area contributed by atoms with Crippen molar-refractivity contribution in [1.29, 1.82) is 0 Å². The topological polar surface area (TPSA) is 52.0 Å². The molecule has 0 atom stereocenters. The standard InChI is InChI=1S/C21H14Br2Cl2N2/c22-15-9-16(23)21(27)13-5-4-11(20(25)19(13)15)6-10-7-14-12(18(26)8-10)2-1-3-17(14)24/h1-5,7-9H,6,26-27H2. The maximum absolute atomic E-state index is 6.75. The van der Waals surface area contributed by atoms with Gasteiger partial charge in [-0.15, -0.1) is 0 Å². The summed E-state index contributed by atoms with van der Waals surface area (Å²) < 4.78 is 1.73. The van der Waals surface area contributed by atoms with Crippen molar-refractivity contribution in [1.82, 2.24) is 0 Å². The van der Waals surface area contributed by atoms with Crippen LogP contribution in [-0.2, 0) is 6.42 Å². The Labute approximate surface area is 183 Å². The van der Waals surface area contributed by atoms with E-state index in [4.69, 9.17) is 34.7 Å². The van der Waals surface area contributed by atoms with Gasteiger partial charge < -0.3 is 11.5 Å². The molecule has 0 aliphatic rings. The summed E-state index contributed by atoms with van der Waals surface area (Å²) in [5, 5.41) is 5.08. The number of anilines is 2. The van der Waals surface area contributed by atoms with Gasteiger partial charge in [-0.2, -0.15) is 0 Å². The first-order chi connectivity index (χ1) is 12.9. The normalized spacial score (nSPS) is 11.4. The first kappa shape index (κ1) is 18.9. The molecule has 6 heteroatoms. The zero-order chi connectivity index (χ0) is 19.3. The van der Waals surface area contributed by atoms with Gasteiger partial charge in [-0.25, -0.2) is 0 Å². The van der Waals surface area contributed by atoms with Gasteiger partial charge in [0.25, 0.3) is 0 Å². The van der Waals surface area contributed by atoms with E-state index in [0.29, 0.717) is 27.8 Å². The molecule has 4 aromatic carbocycles. The Kier molecular flexibility index (Phi) is 5.02. The van der Waals surface area contributed by atoms with Gasteiger partial charge in [0.05, 0.1) is 10.7 Å². The van der Waals surface area contributed by atoms with Crippen LogP contribution in [0.2, 0.25) is 10.0 Å². The van der Waals surface area contributed by atoms with Crippen LogP contribution in [0, 0.1) is 0 Å². The van der Waals surface area contributed by atoms with Crippen molar-refractivity contribution in [2.75, 3.05) is 11.5 Å². The number of rotatable bonds is 2. The first-order valence-electron chi connectivity index (χ1n) is 8.18. The molecule has 4 N–H and O–H groups in total. The van der Waals surface area contributed by atoms with Crippen LogP contribution in [0.1, 0.15) is 11.1 Å². The summed E-state index contributed by atoms with van der Waals surface area (Å²) in [6.45, 7) is 0. The van der Waals surface area contributed by atoms with Crippen LogP contribution in [0.3, 0.4) is 0 Å². The number of halogens is 4. The van der Waals surface area contributed by atoms with E-state index in [1.165, 1.54) is 0 Å². The maximum atomic E-state index is 6.75. The molecule has 0 saturated heterocycles. The molecule has 0 fully saturated rings. The Bertz CT molecular complexity index is 1220. The lowest BCUT2D eigenvalue weighted by atomic mass is 9.97. The highest BCUT2D eigenvalue weighted by atomic mass is 79.9. The molecular weight excluding hydrogens is 511 g/mol. The third kappa shape index (κ3) is 3.29. The van der Waals surface area contributed by atoms with E-state index < -0.39 is 0 Å². The van der Waals surface area contributed by atoms with Crippen LogP contribution >= 0.6 is 55.1 Å². The van der Waals surface area contributed by atoms with Crippen molar-refractivity contribution in [3.05, 3.63) is 78.6 Å². The molecule has 0 aliphatic carbocycles. The number of benzene rings is 4. The molecule has 2 nitrogen and oxygen atoms in total. The SMILES string of the molecule is Nc1cc(Cc2ccc3c(N)c(Br)cc(Br)c3c2Cl)cc2c(Cl)cccc12. The highest BCUT2D eigenvalue weighted by molar-refractivity contribution is 9.11. The van der Waals surface area contributed by atoms with Crippen LogP contribution < -0.4 is 11.5 Å². The summed E-state index contributed by atoms with van der Waals surface area (Å²) in [6, 6.07) is 15.7. The molecule has 0 aromatic heterocycles. The second-order valence-corrected chi connectivity index (χ2v) is 8.91. The summed E-state index contributed by atoms with van der Waals surface area (Å²) in [4.78, 5) is 0. The fraction of sp³-hybridized carbons (Fsp3) is 0.0476. The second kappa shape index (κ2) is 7.17. The van der Waals surface area contributed by atoms with E-state index in [2.05, 4.69) is 37.9 Å². The van der Waals surface area contributed by atoms with Gasteiger partial charge in [0.2, 0.25) is 0 Å². The zero-order valence-corrected chi connectivity index (χ0v) is 18.7. The van der Waals surface area contributed by atoms with Gasteiger partial charge in [-0.1, -0.05) is 63.4 Å². The van der Waals surface area contributed by atoms with E-state index in [-0.39, 0.29) is 0 Å². The van der Waals surface area contributed by atoms with E-state index in [1.54, 1.807) is 0 Å². The Morgan fingerprint density at radius 3 is 2.37 bits per heavy atom. The van der Waals surface area contributed by atoms with Crippen LogP contribution in [0.4, 0.5) is 11.4 Å². The van der Waals surface area contributed by atoms with E-state index in [0.717, 1.165) is 41.6 Å². The number of nitrogen functional groups attached to an aromatic ring is 2. The van der Waals surface area contributed by atoms with Crippen LogP contribution in [-0.4, -0.2) is 0 Å². The highest BCUT2D eigenvalue weighted by Crippen LogP contribution is 2.40. The van der Waals surface area contributed by atoms with Crippen molar-refractivity contribution in [3.8, 4) is 0 Å². The molecule has 0 amide bonds. The van der Waals surface area contributed by atoms with Crippen molar-refractivity contribution in [2.24, 2.45) is 0 Å². The van der Waals surface area contributed by atoms with Crippen molar-refractivity contribution in [2.45, 2.75) is 6.42 Å². The minimum atomic E-state index is 0.641. The van der Waals surface area contributed by atoms with Gasteiger partial charge in [0.1, 0.15) is 0 Å². The Balaban J connectivity index is 1.86. The van der Waals surface area contributed by atoms with Gasteiger partial charge in [0, 0.05) is 41.2 Å². The van der Waals surface area contributed by atoms with Gasteiger partial charge in [0.15, 0.2) is 0 Å². The van der Waals surface area contributed by atoms with E-state index >= 15 is 0 Å². The van der Waals surface area contributed by atoms with Gasteiger partial charge in [-0.05, 0) is 57.7 Å². The lowest BCUT2D eigenvalue weighted by Gasteiger charge is -2.14. The van der Waals surface area contributed by atoms with Crippen molar-refractivity contribution in [3.63, 3.8) is 0 Å². The van der Waals surface area contributed by atoms with E-state index in [1.807, 2.05) is 42.5 Å². The molecule has 0 unspecified atom stereocenters. The lowest BCUT2D eigenvalue weighted by Crippen LogP contribution is -1.96. The lowest BCUT2D eigenvalue weighted by molar-refractivity contribution is 1.21. The Hall–Kier alpha value is -1.46. The molecule has 0 radical (unpaired) electrons. The molecule has 0 saturated carbocycles. The van der Waals surface area contributed by atoms with Crippen LogP contribution in [0.15, 0.2) is 57.5 Å². The number of hydrogen-bond donors (Lipinski definition) is 2. The highest BCUT2D eigenvalue weighted by Gasteiger charge is 2.14. The summed E-state index contributed by atoms with van der Waals surface area (Å²) in [5.41, 5.74) is 15.9. The van der Waals surface area contributed by atoms with Gasteiger partial charge in [-0.3, -0.25) is 0 Å². The monoisotopic (exact) mass is 522 g/mol. The Morgan fingerprint density at radius 1 is 0.815 bits per heavy atom. The zero-order valence-electron chi connectivity index (χ0n) is 14.0. The smallest absolute Gasteiger partial charge is 0.0539 e. The predicted molar refractivity (Wildman–Crippen MR) is 125 cm³/mol. The number of nitrogens with two attached hydrogens (primary N) is 2. The van der Waals surface area contributed by atoms with Crippen LogP contribution in [0.5, 0.6) is 0 Å². The third-order valence-electron chi connectivity index (χ3n) is 4.69. The molecule has 0 aliphatic heterocycles. The summed E-state index contributed by atoms with van der Waals surface area (Å²) >= 11 is 20.2. The summed E-state index contributed by atoms with van der Waals surface area (Å²) in [6.07, 6.45) is 0.641. The average molecular weight is 525 g/mol. The molecule has 0 heterocycles. The predicted octanol–water partition coefficient (Wildman–Crippen LogP) is 7.58. The average Bonchev–Trinajstić information content (AvgIpc) is 2.62. The third-order valence-corrected chi connectivity index (χ3v) is 6.73. The largest absolute Gasteiger partial charge is 0.398 e. The quantitative estimate of drug-likeness (QED) is 0.265. The van der Waals surface area contributed by atoms with Gasteiger partial charge >= 0.3 is 0 Å². The number of fused-ring (bicyclic) bond motifs is 2. The molecular formula is C21H14Br2Cl2N2. The minimum Gasteiger partial charge on any atom is -0.398 e. The maximum Gasteiger partial charge on any atom is 0.0539 e. The Morgan fingerprint density at radius 2 is 1.59 bits per heavy atom. The van der Waals surface area contributed by atoms with E-state index in [9.17, 15) is 0 Å². The number of hydrogen-bond acceptors (Lipinski definition) is 2. The molecule has 27 heavy (non-hydrogen) atoms. The summed E-state index contributed by atoms with van der Waals surface area (Å²) in [7, 11) is 0. The second-order valence-electron chi connectivity index (χ2n) is 6.41. The minimum absolute atomic E-state index is 0.641. The fourth-order valence-corrected chi connectivity index (χ4v) is 5.43.